The van der Waals surface area contributed by atoms with Gasteiger partial charge in [0.25, 0.3) is 0 Å². The second-order valence-electron chi connectivity index (χ2n) is 6.71. The van der Waals surface area contributed by atoms with Crippen LogP contribution in [0.25, 0.3) is 0 Å². The molecule has 2 heteroatoms. The summed E-state index contributed by atoms with van der Waals surface area (Å²) in [7, 11) is 0. The third kappa shape index (κ3) is 2.38. The minimum absolute atomic E-state index is 0.0131. The van der Waals surface area contributed by atoms with Crippen LogP contribution in [0.2, 0.25) is 0 Å². The SMILES string of the molecule is CC(C)C1CCC2(CC1)CC(N)c1ccccc1O2. The summed E-state index contributed by atoms with van der Waals surface area (Å²) in [5.74, 6) is 2.67. The molecule has 1 heterocycles. The molecule has 2 aliphatic rings. The third-order valence-electron chi connectivity index (χ3n) is 5.12. The highest BCUT2D eigenvalue weighted by molar-refractivity contribution is 5.38. The van der Waals surface area contributed by atoms with Crippen molar-refractivity contribution >= 4 is 0 Å². The lowest BCUT2D eigenvalue weighted by Crippen LogP contribution is -2.46. The van der Waals surface area contributed by atoms with Crippen LogP contribution in [0.3, 0.4) is 0 Å². The predicted molar refractivity (Wildman–Crippen MR) is 78.1 cm³/mol. The van der Waals surface area contributed by atoms with E-state index in [-0.39, 0.29) is 11.6 Å². The molecule has 2 nitrogen and oxygen atoms in total. The Morgan fingerprint density at radius 3 is 2.58 bits per heavy atom. The van der Waals surface area contributed by atoms with Gasteiger partial charge in [-0.05, 0) is 43.6 Å². The Labute approximate surface area is 116 Å². The molecule has 0 bridgehead atoms. The topological polar surface area (TPSA) is 35.2 Å². The molecule has 0 saturated heterocycles. The van der Waals surface area contributed by atoms with Crippen LogP contribution in [0.5, 0.6) is 5.75 Å². The second kappa shape index (κ2) is 4.82. The molecular weight excluding hydrogens is 234 g/mol. The van der Waals surface area contributed by atoms with Gasteiger partial charge in [-0.25, -0.2) is 0 Å². The van der Waals surface area contributed by atoms with Crippen molar-refractivity contribution in [3.8, 4) is 5.75 Å². The molecule has 104 valence electrons. The van der Waals surface area contributed by atoms with E-state index in [9.17, 15) is 0 Å². The van der Waals surface area contributed by atoms with Crippen LogP contribution in [0, 0.1) is 11.8 Å². The largest absolute Gasteiger partial charge is 0.487 e. The van der Waals surface area contributed by atoms with Gasteiger partial charge in [-0.1, -0.05) is 32.0 Å². The molecule has 0 radical (unpaired) electrons. The van der Waals surface area contributed by atoms with Crippen molar-refractivity contribution in [2.24, 2.45) is 17.6 Å². The van der Waals surface area contributed by atoms with Crippen LogP contribution in [0.15, 0.2) is 24.3 Å². The maximum atomic E-state index is 6.38. The maximum Gasteiger partial charge on any atom is 0.124 e. The molecule has 1 unspecified atom stereocenters. The summed E-state index contributed by atoms with van der Waals surface area (Å²) in [5.41, 5.74) is 7.56. The normalized spacial score (nSPS) is 34.1. The fraction of sp³-hybridized carbons (Fsp3) is 0.647. The molecular formula is C17H25NO. The van der Waals surface area contributed by atoms with E-state index < -0.39 is 0 Å². The van der Waals surface area contributed by atoms with Crippen molar-refractivity contribution < 1.29 is 4.74 Å². The molecule has 19 heavy (non-hydrogen) atoms. The number of nitrogens with two attached hydrogens (primary N) is 1. The lowest BCUT2D eigenvalue weighted by molar-refractivity contribution is -0.0160. The van der Waals surface area contributed by atoms with Crippen LogP contribution in [0.4, 0.5) is 0 Å². The Kier molecular flexibility index (Phi) is 3.30. The average Bonchev–Trinajstić information content (AvgIpc) is 2.39. The zero-order valence-electron chi connectivity index (χ0n) is 12.1. The first-order valence-electron chi connectivity index (χ1n) is 7.63. The zero-order chi connectivity index (χ0) is 13.5. The summed E-state index contributed by atoms with van der Waals surface area (Å²) in [4.78, 5) is 0. The molecule has 3 rings (SSSR count). The summed E-state index contributed by atoms with van der Waals surface area (Å²) in [5, 5.41) is 0. The van der Waals surface area contributed by atoms with Gasteiger partial charge in [0.2, 0.25) is 0 Å². The van der Waals surface area contributed by atoms with E-state index in [0.29, 0.717) is 0 Å². The lowest BCUT2D eigenvalue weighted by Gasteiger charge is -2.46. The number of hydrogen-bond donors (Lipinski definition) is 1. The molecule has 1 aromatic carbocycles. The second-order valence-corrected chi connectivity index (χ2v) is 6.71. The van der Waals surface area contributed by atoms with Gasteiger partial charge in [0.15, 0.2) is 0 Å². The summed E-state index contributed by atoms with van der Waals surface area (Å²) in [6.07, 6.45) is 5.88. The van der Waals surface area contributed by atoms with Gasteiger partial charge in [0.1, 0.15) is 11.4 Å². The molecule has 0 amide bonds. The average molecular weight is 259 g/mol. The number of hydrogen-bond acceptors (Lipinski definition) is 2. The molecule has 0 aromatic heterocycles. The number of benzene rings is 1. The van der Waals surface area contributed by atoms with Gasteiger partial charge >= 0.3 is 0 Å². The Bertz CT molecular complexity index is 446. The van der Waals surface area contributed by atoms with Crippen LogP contribution in [0.1, 0.15) is 57.6 Å². The van der Waals surface area contributed by atoms with Crippen LogP contribution < -0.4 is 10.5 Å². The first-order chi connectivity index (χ1) is 9.10. The molecule has 1 aliphatic carbocycles. The monoisotopic (exact) mass is 259 g/mol. The number of ether oxygens (including phenoxy) is 1. The molecule has 1 fully saturated rings. The van der Waals surface area contributed by atoms with Crippen molar-refractivity contribution in [2.75, 3.05) is 0 Å². The van der Waals surface area contributed by atoms with E-state index in [1.54, 1.807) is 0 Å². The van der Waals surface area contributed by atoms with Gasteiger partial charge in [0, 0.05) is 18.0 Å². The Morgan fingerprint density at radius 1 is 1.21 bits per heavy atom. The van der Waals surface area contributed by atoms with E-state index >= 15 is 0 Å². The molecule has 1 spiro atoms. The number of fused-ring (bicyclic) bond motifs is 1. The first kappa shape index (κ1) is 13.0. The van der Waals surface area contributed by atoms with E-state index in [2.05, 4.69) is 32.0 Å². The molecule has 1 saturated carbocycles. The molecule has 1 aliphatic heterocycles. The van der Waals surface area contributed by atoms with Gasteiger partial charge in [-0.3, -0.25) is 0 Å². The molecule has 1 aromatic rings. The van der Waals surface area contributed by atoms with Gasteiger partial charge in [-0.2, -0.15) is 0 Å². The van der Waals surface area contributed by atoms with E-state index in [0.717, 1.165) is 36.8 Å². The molecule has 2 N–H and O–H groups in total. The third-order valence-corrected chi connectivity index (χ3v) is 5.12. The Morgan fingerprint density at radius 2 is 1.89 bits per heavy atom. The maximum absolute atomic E-state index is 6.38. The Hall–Kier alpha value is -1.02. The molecule has 1 atom stereocenters. The van der Waals surface area contributed by atoms with Crippen molar-refractivity contribution in [1.29, 1.82) is 0 Å². The van der Waals surface area contributed by atoms with Gasteiger partial charge in [-0.15, -0.1) is 0 Å². The highest BCUT2D eigenvalue weighted by atomic mass is 16.5. The van der Waals surface area contributed by atoms with Crippen molar-refractivity contribution in [3.63, 3.8) is 0 Å². The van der Waals surface area contributed by atoms with Gasteiger partial charge < -0.3 is 10.5 Å². The minimum Gasteiger partial charge on any atom is -0.487 e. The number of rotatable bonds is 1. The summed E-state index contributed by atoms with van der Waals surface area (Å²) in [6, 6.07) is 8.41. The number of para-hydroxylation sites is 1. The smallest absolute Gasteiger partial charge is 0.124 e. The predicted octanol–water partition coefficient (Wildman–Crippen LogP) is 4.05. The van der Waals surface area contributed by atoms with Crippen molar-refractivity contribution in [3.05, 3.63) is 29.8 Å². The summed E-state index contributed by atoms with van der Waals surface area (Å²) < 4.78 is 6.38. The first-order valence-corrected chi connectivity index (χ1v) is 7.63. The summed E-state index contributed by atoms with van der Waals surface area (Å²) >= 11 is 0. The fourth-order valence-electron chi connectivity index (χ4n) is 3.80. The van der Waals surface area contributed by atoms with Crippen molar-refractivity contribution in [1.82, 2.24) is 0 Å². The Balaban J connectivity index is 1.78. The van der Waals surface area contributed by atoms with Crippen LogP contribution in [-0.4, -0.2) is 5.60 Å². The van der Waals surface area contributed by atoms with E-state index in [1.807, 2.05) is 6.07 Å². The zero-order valence-corrected chi connectivity index (χ0v) is 12.1. The quantitative estimate of drug-likeness (QED) is 0.825. The highest BCUT2D eigenvalue weighted by Gasteiger charge is 2.42. The van der Waals surface area contributed by atoms with E-state index in [4.69, 9.17) is 10.5 Å². The van der Waals surface area contributed by atoms with E-state index in [1.165, 1.54) is 18.4 Å². The summed E-state index contributed by atoms with van der Waals surface area (Å²) in [6.45, 7) is 4.68. The minimum atomic E-state index is 0.0131. The highest BCUT2D eigenvalue weighted by Crippen LogP contribution is 2.47. The van der Waals surface area contributed by atoms with Crippen LogP contribution in [-0.2, 0) is 0 Å². The van der Waals surface area contributed by atoms with Crippen molar-refractivity contribution in [2.45, 2.75) is 57.6 Å². The standard InChI is InChI=1S/C17H25NO/c1-12(2)13-7-9-17(10-8-13)11-15(18)14-5-3-4-6-16(14)19-17/h3-6,12-13,15H,7-11,18H2,1-2H3. The van der Waals surface area contributed by atoms with Crippen LogP contribution >= 0.6 is 0 Å². The fourth-order valence-corrected chi connectivity index (χ4v) is 3.80. The van der Waals surface area contributed by atoms with Gasteiger partial charge in [0.05, 0.1) is 0 Å². The lowest BCUT2D eigenvalue weighted by atomic mass is 9.71.